The van der Waals surface area contributed by atoms with E-state index in [0.717, 1.165) is 13.2 Å². The van der Waals surface area contributed by atoms with Crippen molar-refractivity contribution in [1.82, 2.24) is 4.90 Å². The van der Waals surface area contributed by atoms with E-state index >= 15 is 0 Å². The Labute approximate surface area is 62.8 Å². The molecule has 2 heteroatoms. The van der Waals surface area contributed by atoms with Crippen LogP contribution >= 0.6 is 0 Å². The highest BCUT2D eigenvalue weighted by Gasteiger charge is 1.85. The highest BCUT2D eigenvalue weighted by molar-refractivity contribution is 4.92. The van der Waals surface area contributed by atoms with Crippen LogP contribution in [0.3, 0.4) is 0 Å². The van der Waals surface area contributed by atoms with Gasteiger partial charge in [-0.05, 0) is 20.2 Å². The molecule has 0 unspecified atom stereocenters. The molecule has 0 aromatic heterocycles. The van der Waals surface area contributed by atoms with Gasteiger partial charge in [0.2, 0.25) is 0 Å². The highest BCUT2D eigenvalue weighted by Crippen LogP contribution is 1.80. The fourth-order valence-corrected chi connectivity index (χ4v) is 0.414. The van der Waals surface area contributed by atoms with Crippen molar-refractivity contribution < 1.29 is 4.74 Å². The molecule has 0 aromatic rings. The van der Waals surface area contributed by atoms with E-state index in [1.54, 1.807) is 18.4 Å². The van der Waals surface area contributed by atoms with Gasteiger partial charge in [0.05, 0.1) is 12.9 Å². The molecule has 0 saturated heterocycles. The standard InChI is InChI=1S/C8H15NO/c1-4-5-7-10-8-6-9(2)3/h4-5,7H,1,6,8H2,2-3H3. The molecule has 0 heterocycles. The van der Waals surface area contributed by atoms with Gasteiger partial charge in [-0.1, -0.05) is 12.7 Å². The number of ether oxygens (including phenoxy) is 1. The maximum Gasteiger partial charge on any atom is 0.0999 e. The molecular weight excluding hydrogens is 126 g/mol. The quantitative estimate of drug-likeness (QED) is 0.325. The van der Waals surface area contributed by atoms with Crippen molar-refractivity contribution in [2.24, 2.45) is 0 Å². The Hall–Kier alpha value is -0.760. The van der Waals surface area contributed by atoms with Crippen molar-refractivity contribution in [3.63, 3.8) is 0 Å². The summed E-state index contributed by atoms with van der Waals surface area (Å²) < 4.78 is 5.09. The van der Waals surface area contributed by atoms with E-state index in [2.05, 4.69) is 11.5 Å². The number of hydrogen-bond acceptors (Lipinski definition) is 2. The molecule has 58 valence electrons. The number of hydrogen-bond donors (Lipinski definition) is 0. The Balaban J connectivity index is 3.04. The number of likely N-dealkylation sites (N-methyl/N-ethyl adjacent to an activating group) is 1. The zero-order valence-corrected chi connectivity index (χ0v) is 6.71. The first-order valence-electron chi connectivity index (χ1n) is 3.31. The summed E-state index contributed by atoms with van der Waals surface area (Å²) in [6.45, 7) is 5.20. The third-order valence-electron chi connectivity index (χ3n) is 0.967. The van der Waals surface area contributed by atoms with Crippen LogP contribution in [-0.2, 0) is 4.74 Å². The Morgan fingerprint density at radius 3 is 2.70 bits per heavy atom. The molecule has 0 rings (SSSR count). The first-order valence-corrected chi connectivity index (χ1v) is 3.31. The van der Waals surface area contributed by atoms with Crippen LogP contribution in [0.1, 0.15) is 0 Å². The molecule has 0 N–H and O–H groups in total. The molecule has 0 saturated carbocycles. The van der Waals surface area contributed by atoms with Gasteiger partial charge in [-0.15, -0.1) is 0 Å². The van der Waals surface area contributed by atoms with Crippen molar-refractivity contribution >= 4 is 0 Å². The molecule has 0 aliphatic heterocycles. The zero-order valence-electron chi connectivity index (χ0n) is 6.71. The van der Waals surface area contributed by atoms with E-state index in [-0.39, 0.29) is 0 Å². The van der Waals surface area contributed by atoms with Crippen LogP contribution in [0.5, 0.6) is 0 Å². The van der Waals surface area contributed by atoms with Gasteiger partial charge in [0.1, 0.15) is 0 Å². The minimum absolute atomic E-state index is 0.733. The first kappa shape index (κ1) is 9.24. The monoisotopic (exact) mass is 141 g/mol. The summed E-state index contributed by atoms with van der Waals surface area (Å²) in [5, 5.41) is 0. The molecule has 0 bridgehead atoms. The Morgan fingerprint density at radius 1 is 1.50 bits per heavy atom. The summed E-state index contributed by atoms with van der Waals surface area (Å²) in [4.78, 5) is 2.07. The molecule has 0 aromatic carbocycles. The summed E-state index contributed by atoms with van der Waals surface area (Å²) in [7, 11) is 4.03. The van der Waals surface area contributed by atoms with Crippen LogP contribution in [0.25, 0.3) is 0 Å². The maximum absolute atomic E-state index is 5.09. The van der Waals surface area contributed by atoms with E-state index in [1.807, 2.05) is 14.1 Å². The van der Waals surface area contributed by atoms with Gasteiger partial charge < -0.3 is 9.64 Å². The summed E-state index contributed by atoms with van der Waals surface area (Å²) in [6, 6.07) is 0. The van der Waals surface area contributed by atoms with Crippen LogP contribution < -0.4 is 0 Å². The van der Waals surface area contributed by atoms with Gasteiger partial charge in [0.15, 0.2) is 0 Å². The van der Waals surface area contributed by atoms with E-state index in [4.69, 9.17) is 4.74 Å². The lowest BCUT2D eigenvalue weighted by molar-refractivity contribution is 0.212. The van der Waals surface area contributed by atoms with Crippen LogP contribution in [0, 0.1) is 0 Å². The minimum Gasteiger partial charge on any atom is -0.500 e. The van der Waals surface area contributed by atoms with Crippen LogP contribution in [-0.4, -0.2) is 32.1 Å². The average molecular weight is 141 g/mol. The maximum atomic E-state index is 5.09. The highest BCUT2D eigenvalue weighted by atomic mass is 16.5. The number of nitrogens with zero attached hydrogens (tertiary/aromatic N) is 1. The van der Waals surface area contributed by atoms with Crippen molar-refractivity contribution in [3.05, 3.63) is 25.0 Å². The number of rotatable bonds is 5. The van der Waals surface area contributed by atoms with Gasteiger partial charge in [-0.3, -0.25) is 0 Å². The summed E-state index contributed by atoms with van der Waals surface area (Å²) in [5.74, 6) is 0. The summed E-state index contributed by atoms with van der Waals surface area (Å²) in [6.07, 6.45) is 5.11. The van der Waals surface area contributed by atoms with Gasteiger partial charge in [-0.2, -0.15) is 0 Å². The van der Waals surface area contributed by atoms with Gasteiger partial charge in [-0.25, -0.2) is 0 Å². The van der Waals surface area contributed by atoms with Crippen molar-refractivity contribution in [2.45, 2.75) is 0 Å². The average Bonchev–Trinajstić information content (AvgIpc) is 1.87. The predicted molar refractivity (Wildman–Crippen MR) is 43.8 cm³/mol. The second-order valence-electron chi connectivity index (χ2n) is 2.24. The fourth-order valence-electron chi connectivity index (χ4n) is 0.414. The molecule has 0 aliphatic rings. The third kappa shape index (κ3) is 7.24. The minimum atomic E-state index is 0.733. The van der Waals surface area contributed by atoms with E-state index in [0.29, 0.717) is 0 Å². The van der Waals surface area contributed by atoms with E-state index in [9.17, 15) is 0 Å². The Bertz CT molecular complexity index is 108. The van der Waals surface area contributed by atoms with E-state index in [1.165, 1.54) is 0 Å². The normalized spacial score (nSPS) is 10.7. The van der Waals surface area contributed by atoms with E-state index < -0.39 is 0 Å². The zero-order chi connectivity index (χ0) is 7.82. The Kier molecular flexibility index (Phi) is 5.88. The van der Waals surface area contributed by atoms with Crippen molar-refractivity contribution in [3.8, 4) is 0 Å². The van der Waals surface area contributed by atoms with Crippen LogP contribution in [0.4, 0.5) is 0 Å². The van der Waals surface area contributed by atoms with Crippen molar-refractivity contribution in [1.29, 1.82) is 0 Å². The second kappa shape index (κ2) is 6.36. The molecule has 0 amide bonds. The lowest BCUT2D eigenvalue weighted by atomic mass is 10.6. The lowest BCUT2D eigenvalue weighted by Crippen LogP contribution is -2.16. The lowest BCUT2D eigenvalue weighted by Gasteiger charge is -2.07. The summed E-state index contributed by atoms with van der Waals surface area (Å²) >= 11 is 0. The smallest absolute Gasteiger partial charge is 0.0999 e. The molecule has 10 heavy (non-hydrogen) atoms. The van der Waals surface area contributed by atoms with Gasteiger partial charge >= 0.3 is 0 Å². The first-order chi connectivity index (χ1) is 4.77. The van der Waals surface area contributed by atoms with Crippen LogP contribution in [0.15, 0.2) is 25.0 Å². The SMILES string of the molecule is C=CC=COCCN(C)C. The molecule has 0 fully saturated rings. The fraction of sp³-hybridized carbons (Fsp3) is 0.500. The summed E-state index contributed by atoms with van der Waals surface area (Å²) in [5.41, 5.74) is 0. The largest absolute Gasteiger partial charge is 0.500 e. The number of allylic oxidation sites excluding steroid dienone is 2. The second-order valence-corrected chi connectivity index (χ2v) is 2.24. The Morgan fingerprint density at radius 2 is 2.20 bits per heavy atom. The van der Waals surface area contributed by atoms with Gasteiger partial charge in [0, 0.05) is 6.54 Å². The topological polar surface area (TPSA) is 12.5 Å². The van der Waals surface area contributed by atoms with Crippen LogP contribution in [0.2, 0.25) is 0 Å². The molecular formula is C8H15NO. The molecule has 2 nitrogen and oxygen atoms in total. The van der Waals surface area contributed by atoms with Crippen molar-refractivity contribution in [2.75, 3.05) is 27.2 Å². The predicted octanol–water partition coefficient (Wildman–Crippen LogP) is 1.26. The van der Waals surface area contributed by atoms with Gasteiger partial charge in [0.25, 0.3) is 0 Å². The molecule has 0 radical (unpaired) electrons. The molecule has 0 spiro atoms. The third-order valence-corrected chi connectivity index (χ3v) is 0.967. The molecule has 0 aliphatic carbocycles. The molecule has 0 atom stereocenters.